The Kier molecular flexibility index (Phi) is 7.24. The number of nitro benzene ring substituents is 1. The fraction of sp³-hybridized carbons (Fsp3) is 0.211. The predicted octanol–water partition coefficient (Wildman–Crippen LogP) is 1.80. The van der Waals surface area contributed by atoms with Crippen LogP contribution in [0, 0.1) is 17.0 Å². The Balaban J connectivity index is 1.90. The van der Waals surface area contributed by atoms with E-state index in [0.717, 1.165) is 0 Å². The molecule has 0 spiro atoms. The van der Waals surface area contributed by atoms with Crippen LogP contribution in [0.1, 0.15) is 21.5 Å². The monoisotopic (exact) mass is 400 g/mol. The van der Waals surface area contributed by atoms with Gasteiger partial charge in [-0.1, -0.05) is 12.1 Å². The number of nitrogens with zero attached hydrogens (tertiary/aromatic N) is 2. The highest BCUT2D eigenvalue weighted by Gasteiger charge is 2.12. The third-order valence-corrected chi connectivity index (χ3v) is 3.89. The molecule has 0 unspecified atom stereocenters. The molecule has 0 radical (unpaired) electrons. The molecule has 2 aromatic carbocycles. The summed E-state index contributed by atoms with van der Waals surface area (Å²) >= 11 is 0. The smallest absolute Gasteiger partial charge is 0.272 e. The van der Waals surface area contributed by atoms with Gasteiger partial charge in [-0.15, -0.1) is 0 Å². The lowest BCUT2D eigenvalue weighted by molar-refractivity contribution is -0.385. The SMILES string of the molecule is COc1ccc(C(=O)NCC(=O)NN=Cc2ccc(C)c([N+](=O)[O-])c2)cc1OC. The van der Waals surface area contributed by atoms with Crippen LogP contribution in [-0.4, -0.2) is 43.7 Å². The number of methoxy groups -OCH3 is 2. The first kappa shape index (κ1) is 21.4. The molecular weight excluding hydrogens is 380 g/mol. The summed E-state index contributed by atoms with van der Waals surface area (Å²) in [5.74, 6) is -0.162. The first-order valence-corrected chi connectivity index (χ1v) is 8.43. The molecule has 10 nitrogen and oxygen atoms in total. The lowest BCUT2D eigenvalue weighted by atomic mass is 10.1. The van der Waals surface area contributed by atoms with Gasteiger partial charge in [0.05, 0.1) is 31.9 Å². The van der Waals surface area contributed by atoms with Gasteiger partial charge >= 0.3 is 0 Å². The van der Waals surface area contributed by atoms with E-state index in [-0.39, 0.29) is 12.2 Å². The molecule has 0 bridgehead atoms. The molecule has 10 heteroatoms. The van der Waals surface area contributed by atoms with Crippen molar-refractivity contribution in [3.05, 3.63) is 63.2 Å². The van der Waals surface area contributed by atoms with Gasteiger partial charge in [0.1, 0.15) is 0 Å². The molecule has 0 aliphatic carbocycles. The molecule has 0 aromatic heterocycles. The van der Waals surface area contributed by atoms with Crippen molar-refractivity contribution in [1.29, 1.82) is 0 Å². The fourth-order valence-corrected chi connectivity index (χ4v) is 2.36. The highest BCUT2D eigenvalue weighted by Crippen LogP contribution is 2.27. The predicted molar refractivity (Wildman–Crippen MR) is 105 cm³/mol. The Morgan fingerprint density at radius 2 is 1.86 bits per heavy atom. The molecule has 2 amide bonds. The van der Waals surface area contributed by atoms with Gasteiger partial charge in [-0.25, -0.2) is 5.43 Å². The second-order valence-corrected chi connectivity index (χ2v) is 5.85. The number of aryl methyl sites for hydroxylation is 1. The van der Waals surface area contributed by atoms with Gasteiger partial charge in [0, 0.05) is 22.8 Å². The van der Waals surface area contributed by atoms with Gasteiger partial charge in [0.2, 0.25) is 0 Å². The Hall–Kier alpha value is -3.95. The topological polar surface area (TPSA) is 132 Å². The van der Waals surface area contributed by atoms with Crippen molar-refractivity contribution < 1.29 is 24.0 Å². The van der Waals surface area contributed by atoms with Crippen LogP contribution in [0.4, 0.5) is 5.69 Å². The van der Waals surface area contributed by atoms with Gasteiger partial charge in [-0.3, -0.25) is 19.7 Å². The average molecular weight is 400 g/mol. The Bertz CT molecular complexity index is 958. The molecule has 0 saturated heterocycles. The van der Waals surface area contributed by atoms with E-state index in [2.05, 4.69) is 15.8 Å². The van der Waals surface area contributed by atoms with E-state index in [1.54, 1.807) is 25.1 Å². The fourth-order valence-electron chi connectivity index (χ4n) is 2.36. The first-order chi connectivity index (χ1) is 13.8. The van der Waals surface area contributed by atoms with Crippen molar-refractivity contribution in [3.63, 3.8) is 0 Å². The van der Waals surface area contributed by atoms with Crippen molar-refractivity contribution in [1.82, 2.24) is 10.7 Å². The largest absolute Gasteiger partial charge is 0.493 e. The molecule has 29 heavy (non-hydrogen) atoms. The second-order valence-electron chi connectivity index (χ2n) is 5.85. The summed E-state index contributed by atoms with van der Waals surface area (Å²) in [6.45, 7) is 1.32. The molecular formula is C19H20N4O6. The zero-order valence-corrected chi connectivity index (χ0v) is 16.1. The maximum Gasteiger partial charge on any atom is 0.272 e. The first-order valence-electron chi connectivity index (χ1n) is 8.43. The van der Waals surface area contributed by atoms with Crippen molar-refractivity contribution in [3.8, 4) is 11.5 Å². The number of hydrogen-bond donors (Lipinski definition) is 2. The zero-order valence-electron chi connectivity index (χ0n) is 16.1. The van der Waals surface area contributed by atoms with Crippen LogP contribution in [0.2, 0.25) is 0 Å². The van der Waals surface area contributed by atoms with E-state index in [1.807, 2.05) is 0 Å². The van der Waals surface area contributed by atoms with Crippen LogP contribution in [-0.2, 0) is 4.79 Å². The molecule has 2 N–H and O–H groups in total. The number of carbonyl (C=O) groups is 2. The molecule has 0 heterocycles. The number of hydrogen-bond acceptors (Lipinski definition) is 7. The lowest BCUT2D eigenvalue weighted by Gasteiger charge is -2.09. The summed E-state index contributed by atoms with van der Waals surface area (Å²) in [4.78, 5) is 34.4. The summed E-state index contributed by atoms with van der Waals surface area (Å²) in [5.41, 5.74) is 3.48. The molecule has 0 atom stereocenters. The third-order valence-electron chi connectivity index (χ3n) is 3.89. The Morgan fingerprint density at radius 3 is 2.52 bits per heavy atom. The van der Waals surface area contributed by atoms with Gasteiger partial charge in [-0.2, -0.15) is 5.10 Å². The molecule has 152 valence electrons. The van der Waals surface area contributed by atoms with E-state index in [9.17, 15) is 19.7 Å². The number of hydrazone groups is 1. The number of amides is 2. The number of rotatable bonds is 8. The summed E-state index contributed by atoms with van der Waals surface area (Å²) < 4.78 is 10.2. The van der Waals surface area contributed by atoms with E-state index in [1.165, 1.54) is 38.6 Å². The maximum atomic E-state index is 12.2. The summed E-state index contributed by atoms with van der Waals surface area (Å²) in [6, 6.07) is 9.19. The van der Waals surface area contributed by atoms with Crippen molar-refractivity contribution >= 4 is 23.7 Å². The van der Waals surface area contributed by atoms with Crippen LogP contribution in [0.5, 0.6) is 11.5 Å². The van der Waals surface area contributed by atoms with Gasteiger partial charge in [0.25, 0.3) is 17.5 Å². The Labute approximate surface area is 166 Å². The van der Waals surface area contributed by atoms with E-state index < -0.39 is 16.7 Å². The van der Waals surface area contributed by atoms with Gasteiger partial charge < -0.3 is 14.8 Å². The number of carbonyl (C=O) groups excluding carboxylic acids is 2. The maximum absolute atomic E-state index is 12.2. The van der Waals surface area contributed by atoms with Crippen molar-refractivity contribution in [2.24, 2.45) is 5.10 Å². The molecule has 0 saturated carbocycles. The third kappa shape index (κ3) is 5.76. The zero-order chi connectivity index (χ0) is 21.4. The van der Waals surface area contributed by atoms with Crippen molar-refractivity contribution in [2.45, 2.75) is 6.92 Å². The molecule has 2 rings (SSSR count). The number of nitrogens with one attached hydrogen (secondary N) is 2. The minimum absolute atomic E-state index is 0.0394. The second kappa shape index (κ2) is 9.83. The number of ether oxygens (including phenoxy) is 2. The molecule has 0 aliphatic heterocycles. The van der Waals surface area contributed by atoms with Crippen LogP contribution in [0.25, 0.3) is 0 Å². The van der Waals surface area contributed by atoms with Crippen LogP contribution in [0.3, 0.4) is 0 Å². The van der Waals surface area contributed by atoms with E-state index in [0.29, 0.717) is 28.2 Å². The summed E-state index contributed by atoms with van der Waals surface area (Å²) in [6.07, 6.45) is 1.28. The van der Waals surface area contributed by atoms with Crippen LogP contribution < -0.4 is 20.2 Å². The quantitative estimate of drug-likeness (QED) is 0.394. The van der Waals surface area contributed by atoms with Gasteiger partial charge in [0.15, 0.2) is 11.5 Å². The summed E-state index contributed by atoms with van der Waals surface area (Å²) in [7, 11) is 2.94. The van der Waals surface area contributed by atoms with Crippen molar-refractivity contribution in [2.75, 3.05) is 20.8 Å². The van der Waals surface area contributed by atoms with Gasteiger partial charge in [-0.05, 0) is 25.1 Å². The minimum Gasteiger partial charge on any atom is -0.493 e. The highest BCUT2D eigenvalue weighted by molar-refractivity contribution is 5.97. The normalized spacial score (nSPS) is 10.4. The number of benzene rings is 2. The van der Waals surface area contributed by atoms with Crippen LogP contribution in [0.15, 0.2) is 41.5 Å². The molecule has 0 aliphatic rings. The minimum atomic E-state index is -0.559. The number of nitro groups is 1. The Morgan fingerprint density at radius 1 is 1.14 bits per heavy atom. The molecule has 2 aromatic rings. The van der Waals surface area contributed by atoms with Crippen LogP contribution >= 0.6 is 0 Å². The standard InChI is InChI=1S/C19H20N4O6/c1-12-4-5-13(8-15(12)23(26)27)10-21-22-18(24)11-20-19(25)14-6-7-16(28-2)17(9-14)29-3/h4-10H,11H2,1-3H3,(H,20,25)(H,22,24). The highest BCUT2D eigenvalue weighted by atomic mass is 16.6. The van der Waals surface area contributed by atoms with E-state index in [4.69, 9.17) is 9.47 Å². The van der Waals surface area contributed by atoms with E-state index >= 15 is 0 Å². The lowest BCUT2D eigenvalue weighted by Crippen LogP contribution is -2.34. The molecule has 0 fully saturated rings. The average Bonchev–Trinajstić information content (AvgIpc) is 2.72. The summed E-state index contributed by atoms with van der Waals surface area (Å²) in [5, 5.41) is 17.1.